The van der Waals surface area contributed by atoms with Gasteiger partial charge >= 0.3 is 0 Å². The van der Waals surface area contributed by atoms with Crippen LogP contribution in [0.1, 0.15) is 43.7 Å². The zero-order valence-electron chi connectivity index (χ0n) is 17.9. The summed E-state index contributed by atoms with van der Waals surface area (Å²) < 4.78 is 1.67. The van der Waals surface area contributed by atoms with Crippen molar-refractivity contribution >= 4 is 28.8 Å². The van der Waals surface area contributed by atoms with Crippen LogP contribution in [-0.2, 0) is 11.3 Å². The molecule has 2 amide bonds. The lowest BCUT2D eigenvalue weighted by molar-refractivity contribution is -0.128. The van der Waals surface area contributed by atoms with Gasteiger partial charge in [0, 0.05) is 11.2 Å². The normalized spacial score (nSPS) is 19.0. The second-order valence-corrected chi connectivity index (χ2v) is 9.95. The number of carbonyl (C=O) groups excluding carboxylic acids is 2. The van der Waals surface area contributed by atoms with Crippen molar-refractivity contribution in [3.63, 3.8) is 0 Å². The average molecular weight is 423 g/mol. The lowest BCUT2D eigenvalue weighted by Crippen LogP contribution is -2.66. The van der Waals surface area contributed by atoms with Gasteiger partial charge in [0.25, 0.3) is 5.91 Å². The van der Waals surface area contributed by atoms with Crippen LogP contribution in [0.4, 0.5) is 5.69 Å². The number of thiophene rings is 1. The summed E-state index contributed by atoms with van der Waals surface area (Å²) in [6.07, 6.45) is 0. The number of carbonyl (C=O) groups is 2. The average Bonchev–Trinajstić information content (AvgIpc) is 3.31. The minimum Gasteiger partial charge on any atom is -0.349 e. The molecule has 1 aromatic carbocycles. The van der Waals surface area contributed by atoms with Crippen molar-refractivity contribution in [3.05, 3.63) is 59.1 Å². The Balaban J connectivity index is 1.83. The van der Waals surface area contributed by atoms with Crippen molar-refractivity contribution in [2.24, 2.45) is 0 Å². The van der Waals surface area contributed by atoms with E-state index < -0.39 is 11.1 Å². The molecule has 0 spiro atoms. The van der Waals surface area contributed by atoms with E-state index in [0.717, 1.165) is 16.1 Å². The SMILES string of the molecule is Cc1ccc(N2C(=O)c3cc(-c4cccs4)nn3C[C@]2(C)C(=O)NC(C)(C)C)cc1. The van der Waals surface area contributed by atoms with Crippen molar-refractivity contribution in [1.82, 2.24) is 15.1 Å². The van der Waals surface area contributed by atoms with E-state index in [9.17, 15) is 9.59 Å². The molecular weight excluding hydrogens is 396 g/mol. The highest BCUT2D eigenvalue weighted by Gasteiger charge is 2.49. The van der Waals surface area contributed by atoms with Gasteiger partial charge in [0.1, 0.15) is 16.9 Å². The standard InChI is InChI=1S/C23H26N4O2S/c1-15-8-10-16(11-9-15)27-20(28)18-13-17(19-7-6-12-30-19)25-26(18)14-23(27,5)21(29)24-22(2,3)4/h6-13H,14H2,1-5H3,(H,24,29)/t23-/m1/s1. The van der Waals surface area contributed by atoms with Crippen LogP contribution in [0, 0.1) is 6.92 Å². The molecule has 0 radical (unpaired) electrons. The quantitative estimate of drug-likeness (QED) is 0.686. The lowest BCUT2D eigenvalue weighted by Gasteiger charge is -2.44. The molecule has 2 aromatic heterocycles. The van der Waals surface area contributed by atoms with Crippen molar-refractivity contribution in [3.8, 4) is 10.6 Å². The summed E-state index contributed by atoms with van der Waals surface area (Å²) in [5.74, 6) is -0.435. The summed E-state index contributed by atoms with van der Waals surface area (Å²) in [5, 5.41) is 9.70. The summed E-state index contributed by atoms with van der Waals surface area (Å²) in [4.78, 5) is 29.7. The van der Waals surface area contributed by atoms with Gasteiger partial charge in [-0.15, -0.1) is 11.3 Å². The van der Waals surface area contributed by atoms with E-state index in [4.69, 9.17) is 0 Å². The van der Waals surface area contributed by atoms with Gasteiger partial charge in [-0.2, -0.15) is 5.10 Å². The number of rotatable bonds is 3. The van der Waals surface area contributed by atoms with Crippen LogP contribution in [0.2, 0.25) is 0 Å². The molecule has 1 aliphatic rings. The topological polar surface area (TPSA) is 67.2 Å². The van der Waals surface area contributed by atoms with Crippen molar-refractivity contribution in [2.45, 2.75) is 52.2 Å². The van der Waals surface area contributed by atoms with Crippen LogP contribution in [0.5, 0.6) is 0 Å². The van der Waals surface area contributed by atoms with Crippen molar-refractivity contribution in [2.75, 3.05) is 4.90 Å². The third-order valence-electron chi connectivity index (χ3n) is 5.20. The minimum absolute atomic E-state index is 0.206. The maximum atomic E-state index is 13.7. The molecule has 1 aliphatic heterocycles. The Labute approximate surface area is 180 Å². The van der Waals surface area contributed by atoms with E-state index >= 15 is 0 Å². The summed E-state index contributed by atoms with van der Waals surface area (Å²) in [6.45, 7) is 9.88. The number of nitrogens with zero attached hydrogens (tertiary/aromatic N) is 3. The highest BCUT2D eigenvalue weighted by Crippen LogP contribution is 2.35. The first-order valence-electron chi connectivity index (χ1n) is 9.94. The first kappa shape index (κ1) is 20.3. The molecule has 1 N–H and O–H groups in total. The molecule has 3 heterocycles. The first-order valence-corrected chi connectivity index (χ1v) is 10.8. The van der Waals surface area contributed by atoms with Gasteiger partial charge < -0.3 is 5.32 Å². The number of amides is 2. The van der Waals surface area contributed by atoms with Crippen LogP contribution >= 0.6 is 11.3 Å². The number of aromatic nitrogens is 2. The Kier molecular flexibility index (Phi) is 4.81. The molecule has 0 aliphatic carbocycles. The Morgan fingerprint density at radius 3 is 2.50 bits per heavy atom. The summed E-state index contributed by atoms with van der Waals surface area (Å²) in [6, 6.07) is 13.4. The van der Waals surface area contributed by atoms with E-state index in [0.29, 0.717) is 11.4 Å². The molecule has 30 heavy (non-hydrogen) atoms. The second-order valence-electron chi connectivity index (χ2n) is 9.00. The fraction of sp³-hybridized carbons (Fsp3) is 0.348. The van der Waals surface area contributed by atoms with Gasteiger partial charge in [-0.05, 0) is 64.3 Å². The molecule has 7 heteroatoms. The molecule has 0 unspecified atom stereocenters. The predicted molar refractivity (Wildman–Crippen MR) is 120 cm³/mol. The van der Waals surface area contributed by atoms with Gasteiger partial charge in [0.15, 0.2) is 0 Å². The maximum Gasteiger partial charge on any atom is 0.277 e. The molecular formula is C23H26N4O2S. The predicted octanol–water partition coefficient (Wildman–Crippen LogP) is 4.25. The van der Waals surface area contributed by atoms with E-state index in [1.165, 1.54) is 0 Å². The molecule has 1 atom stereocenters. The monoisotopic (exact) mass is 422 g/mol. The van der Waals surface area contributed by atoms with Gasteiger partial charge in [0.2, 0.25) is 5.91 Å². The Bertz CT molecular complexity index is 1090. The molecule has 0 saturated carbocycles. The van der Waals surface area contributed by atoms with Crippen LogP contribution in [-0.4, -0.2) is 32.7 Å². The van der Waals surface area contributed by atoms with Crippen molar-refractivity contribution < 1.29 is 9.59 Å². The zero-order valence-corrected chi connectivity index (χ0v) is 18.7. The van der Waals surface area contributed by atoms with Gasteiger partial charge in [-0.3, -0.25) is 19.2 Å². The van der Waals surface area contributed by atoms with E-state index in [2.05, 4.69) is 10.4 Å². The number of nitrogens with one attached hydrogen (secondary N) is 1. The molecule has 0 bridgehead atoms. The maximum absolute atomic E-state index is 13.7. The van der Waals surface area contributed by atoms with E-state index in [-0.39, 0.29) is 18.4 Å². The Morgan fingerprint density at radius 1 is 1.20 bits per heavy atom. The molecule has 156 valence electrons. The van der Waals surface area contributed by atoms with E-state index in [1.807, 2.05) is 75.5 Å². The number of fused-ring (bicyclic) bond motifs is 1. The number of hydrogen-bond donors (Lipinski definition) is 1. The first-order chi connectivity index (χ1) is 14.1. The highest BCUT2D eigenvalue weighted by atomic mass is 32.1. The second kappa shape index (κ2) is 7.09. The third kappa shape index (κ3) is 3.54. The Hall–Kier alpha value is -2.93. The van der Waals surface area contributed by atoms with Crippen LogP contribution in [0.15, 0.2) is 47.8 Å². The number of hydrogen-bond acceptors (Lipinski definition) is 4. The number of aryl methyl sites for hydroxylation is 1. The summed E-state index contributed by atoms with van der Waals surface area (Å²) >= 11 is 1.57. The summed E-state index contributed by atoms with van der Waals surface area (Å²) in [5.41, 5.74) is 1.48. The van der Waals surface area contributed by atoms with Gasteiger partial charge in [-0.1, -0.05) is 23.8 Å². The number of benzene rings is 1. The smallest absolute Gasteiger partial charge is 0.277 e. The molecule has 0 fully saturated rings. The highest BCUT2D eigenvalue weighted by molar-refractivity contribution is 7.13. The fourth-order valence-corrected chi connectivity index (χ4v) is 4.38. The number of anilines is 1. The molecule has 3 aromatic rings. The molecule has 4 rings (SSSR count). The van der Waals surface area contributed by atoms with Crippen molar-refractivity contribution in [1.29, 1.82) is 0 Å². The van der Waals surface area contributed by atoms with Gasteiger partial charge in [0.05, 0.1) is 11.4 Å². The van der Waals surface area contributed by atoms with Crippen LogP contribution in [0.3, 0.4) is 0 Å². The Morgan fingerprint density at radius 2 is 1.90 bits per heavy atom. The molecule has 6 nitrogen and oxygen atoms in total. The summed E-state index contributed by atoms with van der Waals surface area (Å²) in [7, 11) is 0. The van der Waals surface area contributed by atoms with Gasteiger partial charge in [-0.25, -0.2) is 0 Å². The van der Waals surface area contributed by atoms with E-state index in [1.54, 1.807) is 27.8 Å². The lowest BCUT2D eigenvalue weighted by atomic mass is 9.92. The molecule has 0 saturated heterocycles. The zero-order chi connectivity index (χ0) is 21.7. The third-order valence-corrected chi connectivity index (χ3v) is 6.09. The largest absolute Gasteiger partial charge is 0.349 e. The van der Waals surface area contributed by atoms with Crippen LogP contribution < -0.4 is 10.2 Å². The fourth-order valence-electron chi connectivity index (χ4n) is 3.70. The minimum atomic E-state index is -1.12. The van der Waals surface area contributed by atoms with Crippen LogP contribution in [0.25, 0.3) is 10.6 Å².